The lowest BCUT2D eigenvalue weighted by molar-refractivity contribution is -0.146. The van der Waals surface area contributed by atoms with Crippen LogP contribution < -0.4 is 10.6 Å². The Kier molecular flexibility index (Phi) is 18.7. The van der Waals surface area contributed by atoms with Crippen LogP contribution in [0.2, 0.25) is 0 Å². The first-order chi connectivity index (χ1) is 11.6. The molecule has 2 amide bonds. The summed E-state index contributed by atoms with van der Waals surface area (Å²) in [6.07, 6.45) is 7.45. The predicted octanol–water partition coefficient (Wildman–Crippen LogP) is 2.33. The number of rotatable bonds is 11. The van der Waals surface area contributed by atoms with Crippen molar-refractivity contribution in [2.75, 3.05) is 19.8 Å². The van der Waals surface area contributed by atoms with Gasteiger partial charge in [0.25, 0.3) is 0 Å². The second kappa shape index (κ2) is 18.7. The third-order valence-electron chi connectivity index (χ3n) is 2.63. The van der Waals surface area contributed by atoms with E-state index in [1.54, 1.807) is 19.9 Å². The van der Waals surface area contributed by atoms with E-state index in [1.807, 2.05) is 19.1 Å². The molecular weight excluding hydrogens is 312 g/mol. The van der Waals surface area contributed by atoms with Gasteiger partial charge in [-0.2, -0.15) is 0 Å². The number of esters is 1. The van der Waals surface area contributed by atoms with Gasteiger partial charge in [-0.1, -0.05) is 24.8 Å². The zero-order chi connectivity index (χ0) is 18.6. The first-order valence-corrected chi connectivity index (χ1v) is 8.07. The topological polar surface area (TPSA) is 93.7 Å². The fourth-order valence-electron chi connectivity index (χ4n) is 1.58. The van der Waals surface area contributed by atoms with Gasteiger partial charge in [0.1, 0.15) is 6.04 Å². The normalized spacial score (nSPS) is 10.8. The van der Waals surface area contributed by atoms with Crippen LogP contribution in [0.5, 0.6) is 0 Å². The van der Waals surface area contributed by atoms with Crippen molar-refractivity contribution in [3.05, 3.63) is 24.8 Å². The molecule has 2 N–H and O–H groups in total. The number of allylic oxidation sites excluding steroid dienone is 3. The maximum atomic E-state index is 11.5. The summed E-state index contributed by atoms with van der Waals surface area (Å²) >= 11 is 0. The molecule has 0 aromatic carbocycles. The first kappa shape index (κ1) is 23.9. The molecule has 0 heterocycles. The third kappa shape index (κ3) is 16.1. The highest BCUT2D eigenvalue weighted by molar-refractivity contribution is 5.78. The van der Waals surface area contributed by atoms with Gasteiger partial charge in [0.05, 0.1) is 13.2 Å². The van der Waals surface area contributed by atoms with E-state index >= 15 is 0 Å². The molecule has 0 aliphatic rings. The summed E-state index contributed by atoms with van der Waals surface area (Å²) in [6, 6.07) is -0.625. The number of carbonyl (C=O) groups excluding carboxylic acids is 3. The number of ether oxygens (including phenoxy) is 2. The van der Waals surface area contributed by atoms with Crippen LogP contribution in [0.1, 0.15) is 40.0 Å². The molecule has 1 atom stereocenters. The number of alkyl carbamates (subject to hydrolysis) is 1. The van der Waals surface area contributed by atoms with Gasteiger partial charge in [-0.25, -0.2) is 9.59 Å². The molecule has 138 valence electrons. The Balaban J connectivity index is 0. The highest BCUT2D eigenvalue weighted by Gasteiger charge is 2.17. The van der Waals surface area contributed by atoms with Crippen molar-refractivity contribution in [3.8, 4) is 0 Å². The summed E-state index contributed by atoms with van der Waals surface area (Å²) in [5.41, 5.74) is 0. The molecule has 0 bridgehead atoms. The molecule has 0 aromatic rings. The van der Waals surface area contributed by atoms with E-state index < -0.39 is 18.1 Å². The fourth-order valence-corrected chi connectivity index (χ4v) is 1.58. The largest absolute Gasteiger partial charge is 0.464 e. The molecule has 0 fully saturated rings. The van der Waals surface area contributed by atoms with Gasteiger partial charge in [0.2, 0.25) is 6.41 Å². The monoisotopic (exact) mass is 342 g/mol. The quantitative estimate of drug-likeness (QED) is 0.260. The Hall–Kier alpha value is -2.31. The molecular formula is C17H30N2O5. The van der Waals surface area contributed by atoms with Crippen molar-refractivity contribution in [2.45, 2.75) is 46.1 Å². The molecule has 0 aliphatic carbocycles. The summed E-state index contributed by atoms with van der Waals surface area (Å²) in [7, 11) is 0. The minimum absolute atomic E-state index is 0.278. The fraction of sp³-hybridized carbons (Fsp3) is 0.588. The van der Waals surface area contributed by atoms with Gasteiger partial charge < -0.3 is 20.1 Å². The van der Waals surface area contributed by atoms with Crippen molar-refractivity contribution in [3.63, 3.8) is 0 Å². The van der Waals surface area contributed by atoms with E-state index in [0.717, 1.165) is 0 Å². The Morgan fingerprint density at radius 2 is 1.83 bits per heavy atom. The minimum Gasteiger partial charge on any atom is -0.464 e. The zero-order valence-electron chi connectivity index (χ0n) is 14.9. The van der Waals surface area contributed by atoms with Gasteiger partial charge in [0.15, 0.2) is 0 Å². The van der Waals surface area contributed by atoms with Gasteiger partial charge in [-0.05, 0) is 40.0 Å². The predicted molar refractivity (Wildman–Crippen MR) is 93.5 cm³/mol. The van der Waals surface area contributed by atoms with Gasteiger partial charge in [-0.15, -0.1) is 0 Å². The number of nitrogens with one attached hydrogen (secondary N) is 2. The van der Waals surface area contributed by atoms with Crippen molar-refractivity contribution in [2.24, 2.45) is 0 Å². The smallest absolute Gasteiger partial charge is 0.407 e. The standard InChI is InChI=1S/C12H22N2O5.C5H8/c1-3-18-11(16)10(14-9-15)7-5-6-8-13-12(17)19-4-2;1-3-5-4-2/h9-10H,3-8H2,1-2H3,(H,13,17)(H,14,15);3-5H,1H2,2H3/b;5-4-/t10-;/m1./s1. The molecule has 0 saturated heterocycles. The SMILES string of the molecule is C=C/C=C\C.CCOC(=O)NCCCC[C@@H](NC=O)C(=O)OCC. The van der Waals surface area contributed by atoms with Crippen LogP contribution in [0.3, 0.4) is 0 Å². The van der Waals surface area contributed by atoms with Crippen molar-refractivity contribution >= 4 is 18.5 Å². The van der Waals surface area contributed by atoms with Gasteiger partial charge in [-0.3, -0.25) is 4.79 Å². The van der Waals surface area contributed by atoms with E-state index in [1.165, 1.54) is 0 Å². The van der Waals surface area contributed by atoms with Crippen molar-refractivity contribution in [1.29, 1.82) is 0 Å². The number of hydrogen-bond acceptors (Lipinski definition) is 5. The number of carbonyl (C=O) groups is 3. The first-order valence-electron chi connectivity index (χ1n) is 8.07. The molecule has 0 aromatic heterocycles. The Labute approximate surface area is 144 Å². The second-order valence-corrected chi connectivity index (χ2v) is 4.49. The minimum atomic E-state index is -0.625. The van der Waals surface area contributed by atoms with Crippen LogP contribution in [-0.4, -0.2) is 44.3 Å². The maximum absolute atomic E-state index is 11.5. The lowest BCUT2D eigenvalue weighted by Crippen LogP contribution is -2.37. The number of unbranched alkanes of at least 4 members (excludes halogenated alkanes) is 1. The van der Waals surface area contributed by atoms with E-state index in [9.17, 15) is 14.4 Å². The molecule has 0 radical (unpaired) electrons. The molecule has 7 nitrogen and oxygen atoms in total. The molecule has 0 spiro atoms. The lowest BCUT2D eigenvalue weighted by Gasteiger charge is -2.14. The third-order valence-corrected chi connectivity index (χ3v) is 2.63. The summed E-state index contributed by atoms with van der Waals surface area (Å²) < 4.78 is 9.53. The van der Waals surface area contributed by atoms with Crippen LogP contribution >= 0.6 is 0 Å². The highest BCUT2D eigenvalue weighted by Crippen LogP contribution is 2.02. The van der Waals surface area contributed by atoms with Crippen LogP contribution in [-0.2, 0) is 19.1 Å². The van der Waals surface area contributed by atoms with E-state index in [4.69, 9.17) is 9.47 Å². The van der Waals surface area contributed by atoms with Gasteiger partial charge in [0, 0.05) is 6.54 Å². The van der Waals surface area contributed by atoms with Crippen LogP contribution in [0.15, 0.2) is 24.8 Å². The maximum Gasteiger partial charge on any atom is 0.407 e. The Bertz CT molecular complexity index is 383. The molecule has 0 unspecified atom stereocenters. The van der Waals surface area contributed by atoms with Gasteiger partial charge >= 0.3 is 12.1 Å². The highest BCUT2D eigenvalue weighted by atomic mass is 16.5. The summed E-state index contributed by atoms with van der Waals surface area (Å²) in [4.78, 5) is 32.8. The van der Waals surface area contributed by atoms with Crippen LogP contribution in [0, 0.1) is 0 Å². The molecule has 0 aliphatic heterocycles. The number of amides is 2. The van der Waals surface area contributed by atoms with E-state index in [0.29, 0.717) is 38.8 Å². The summed E-state index contributed by atoms with van der Waals surface area (Å²) in [5, 5.41) is 5.00. The Morgan fingerprint density at radius 3 is 2.29 bits per heavy atom. The lowest BCUT2D eigenvalue weighted by atomic mass is 10.1. The van der Waals surface area contributed by atoms with Crippen molar-refractivity contribution in [1.82, 2.24) is 10.6 Å². The zero-order valence-corrected chi connectivity index (χ0v) is 14.9. The number of hydrogen-bond donors (Lipinski definition) is 2. The average Bonchev–Trinajstić information content (AvgIpc) is 2.55. The second-order valence-electron chi connectivity index (χ2n) is 4.49. The summed E-state index contributed by atoms with van der Waals surface area (Å²) in [5.74, 6) is -0.437. The van der Waals surface area contributed by atoms with Crippen LogP contribution in [0.4, 0.5) is 4.79 Å². The van der Waals surface area contributed by atoms with E-state index in [2.05, 4.69) is 17.2 Å². The molecule has 24 heavy (non-hydrogen) atoms. The molecule has 0 rings (SSSR count). The molecule has 0 saturated carbocycles. The van der Waals surface area contributed by atoms with Crippen molar-refractivity contribution < 1.29 is 23.9 Å². The average molecular weight is 342 g/mol. The Morgan fingerprint density at radius 1 is 1.17 bits per heavy atom. The van der Waals surface area contributed by atoms with Crippen LogP contribution in [0.25, 0.3) is 0 Å². The summed E-state index contributed by atoms with van der Waals surface area (Å²) in [6.45, 7) is 9.94. The van der Waals surface area contributed by atoms with E-state index in [-0.39, 0.29) is 6.61 Å². The molecule has 7 heteroatoms.